The molecule has 4 nitrogen and oxygen atoms in total. The number of hydrogen-bond acceptors (Lipinski definition) is 3. The summed E-state index contributed by atoms with van der Waals surface area (Å²) in [6, 6.07) is 7.43. The highest BCUT2D eigenvalue weighted by Gasteiger charge is 2.27. The maximum atomic E-state index is 12.3. The Morgan fingerprint density at radius 3 is 2.37 bits per heavy atom. The van der Waals surface area contributed by atoms with E-state index >= 15 is 0 Å². The average Bonchev–Trinajstić information content (AvgIpc) is 2.44. The van der Waals surface area contributed by atoms with Crippen LogP contribution in [0.5, 0.6) is 0 Å². The fraction of sp³-hybridized carbons (Fsp3) is 0.533. The highest BCUT2D eigenvalue weighted by Crippen LogP contribution is 2.17. The summed E-state index contributed by atoms with van der Waals surface area (Å²) in [5.41, 5.74) is 1.09. The third kappa shape index (κ3) is 3.96. The molecule has 0 radical (unpaired) electrons. The predicted octanol–water partition coefficient (Wildman–Crippen LogP) is 2.35. The van der Waals surface area contributed by atoms with Crippen LogP contribution in [0.2, 0.25) is 0 Å². The van der Waals surface area contributed by atoms with Crippen molar-refractivity contribution < 1.29 is 9.90 Å². The van der Waals surface area contributed by atoms with E-state index < -0.39 is 5.54 Å². The van der Waals surface area contributed by atoms with E-state index in [1.54, 1.807) is 11.9 Å². The van der Waals surface area contributed by atoms with E-state index in [0.717, 1.165) is 18.7 Å². The maximum Gasteiger partial charge on any atom is 0.254 e. The van der Waals surface area contributed by atoms with Crippen molar-refractivity contribution in [2.24, 2.45) is 0 Å². The molecule has 0 saturated heterocycles. The molecular weight excluding hydrogens is 240 g/mol. The molecule has 0 bridgehead atoms. The number of amides is 1. The van der Waals surface area contributed by atoms with Gasteiger partial charge in [-0.05, 0) is 44.5 Å². The molecule has 1 aromatic carbocycles. The molecule has 0 aliphatic rings. The number of benzene rings is 1. The minimum Gasteiger partial charge on any atom is -0.394 e. The van der Waals surface area contributed by atoms with Crippen LogP contribution in [0.3, 0.4) is 0 Å². The third-order valence-electron chi connectivity index (χ3n) is 3.31. The molecule has 1 aromatic rings. The van der Waals surface area contributed by atoms with E-state index in [9.17, 15) is 9.90 Å². The number of aliphatic hydroxyl groups is 1. The molecule has 19 heavy (non-hydrogen) atoms. The molecule has 0 fully saturated rings. The average molecular weight is 264 g/mol. The zero-order chi connectivity index (χ0) is 14.5. The minimum absolute atomic E-state index is 0.0641. The number of carbonyl (C=O) groups excluding carboxylic acids is 1. The van der Waals surface area contributed by atoms with Gasteiger partial charge in [-0.2, -0.15) is 0 Å². The van der Waals surface area contributed by atoms with Crippen LogP contribution >= 0.6 is 0 Å². The molecule has 106 valence electrons. The highest BCUT2D eigenvalue weighted by molar-refractivity contribution is 5.94. The molecule has 0 saturated carbocycles. The van der Waals surface area contributed by atoms with Gasteiger partial charge in [-0.1, -0.05) is 6.92 Å². The van der Waals surface area contributed by atoms with Gasteiger partial charge >= 0.3 is 0 Å². The van der Waals surface area contributed by atoms with E-state index in [1.807, 2.05) is 38.1 Å². The number of aliphatic hydroxyl groups excluding tert-OH is 1. The van der Waals surface area contributed by atoms with Crippen LogP contribution in [0.25, 0.3) is 0 Å². The standard InChI is InChI=1S/C15H24N2O2/c1-5-10-16-13-8-6-12(7-9-13)14(19)17(4)15(2,3)11-18/h6-9,16,18H,5,10-11H2,1-4H3. The second-order valence-electron chi connectivity index (χ2n) is 5.34. The van der Waals surface area contributed by atoms with Crippen molar-refractivity contribution in [1.29, 1.82) is 0 Å². The lowest BCUT2D eigenvalue weighted by atomic mass is 10.0. The topological polar surface area (TPSA) is 52.6 Å². The Balaban J connectivity index is 2.78. The van der Waals surface area contributed by atoms with Gasteiger partial charge in [0, 0.05) is 24.8 Å². The molecule has 1 rings (SSSR count). The number of nitrogens with one attached hydrogen (secondary N) is 1. The molecule has 2 N–H and O–H groups in total. The van der Waals surface area contributed by atoms with E-state index in [1.165, 1.54) is 0 Å². The van der Waals surface area contributed by atoms with Gasteiger partial charge in [0.25, 0.3) is 5.91 Å². The van der Waals surface area contributed by atoms with Crippen LogP contribution in [0, 0.1) is 0 Å². The van der Waals surface area contributed by atoms with E-state index in [-0.39, 0.29) is 12.5 Å². The van der Waals surface area contributed by atoms with Gasteiger partial charge in [0.15, 0.2) is 0 Å². The molecule has 0 atom stereocenters. The summed E-state index contributed by atoms with van der Waals surface area (Å²) in [6.07, 6.45) is 1.06. The SMILES string of the molecule is CCCNc1ccc(C(=O)N(C)C(C)(C)CO)cc1. The Bertz CT molecular complexity index is 413. The van der Waals surface area contributed by atoms with Crippen LogP contribution in [0.1, 0.15) is 37.6 Å². The molecular formula is C15H24N2O2. The van der Waals surface area contributed by atoms with Gasteiger partial charge in [0.1, 0.15) is 0 Å². The molecule has 0 aliphatic carbocycles. The Kier molecular flexibility index (Phi) is 5.36. The second kappa shape index (κ2) is 6.57. The van der Waals surface area contributed by atoms with Crippen LogP contribution in [0.15, 0.2) is 24.3 Å². The quantitative estimate of drug-likeness (QED) is 0.829. The Morgan fingerprint density at radius 2 is 1.89 bits per heavy atom. The van der Waals surface area contributed by atoms with Crippen LogP contribution in [-0.4, -0.2) is 41.7 Å². The van der Waals surface area contributed by atoms with Crippen molar-refractivity contribution in [2.75, 3.05) is 25.5 Å². The molecule has 0 unspecified atom stereocenters. The summed E-state index contributed by atoms with van der Waals surface area (Å²) in [7, 11) is 1.71. The van der Waals surface area contributed by atoms with Crippen LogP contribution in [0.4, 0.5) is 5.69 Å². The summed E-state index contributed by atoms with van der Waals surface area (Å²) >= 11 is 0. The van der Waals surface area contributed by atoms with E-state index in [0.29, 0.717) is 5.56 Å². The van der Waals surface area contributed by atoms with Crippen molar-refractivity contribution in [1.82, 2.24) is 4.90 Å². The third-order valence-corrected chi connectivity index (χ3v) is 3.31. The molecule has 0 aliphatic heterocycles. The monoisotopic (exact) mass is 264 g/mol. The molecule has 1 amide bonds. The van der Waals surface area contributed by atoms with Gasteiger partial charge in [-0.3, -0.25) is 4.79 Å². The largest absolute Gasteiger partial charge is 0.394 e. The van der Waals surface area contributed by atoms with Crippen molar-refractivity contribution in [3.05, 3.63) is 29.8 Å². The number of carbonyl (C=O) groups is 1. The fourth-order valence-electron chi connectivity index (χ4n) is 1.57. The van der Waals surface area contributed by atoms with Crippen molar-refractivity contribution >= 4 is 11.6 Å². The van der Waals surface area contributed by atoms with Crippen molar-refractivity contribution in [3.63, 3.8) is 0 Å². The van der Waals surface area contributed by atoms with E-state index in [2.05, 4.69) is 12.2 Å². The number of rotatable bonds is 6. The number of anilines is 1. The number of likely N-dealkylation sites (N-methyl/N-ethyl adjacent to an activating group) is 1. The zero-order valence-corrected chi connectivity index (χ0v) is 12.2. The molecule has 0 aromatic heterocycles. The molecule has 0 heterocycles. The summed E-state index contributed by atoms with van der Waals surface area (Å²) in [4.78, 5) is 13.8. The van der Waals surface area contributed by atoms with Gasteiger partial charge in [0.05, 0.1) is 12.1 Å². The minimum atomic E-state index is -0.559. The Labute approximate surface area is 115 Å². The predicted molar refractivity (Wildman–Crippen MR) is 78.5 cm³/mol. The smallest absolute Gasteiger partial charge is 0.254 e. The lowest BCUT2D eigenvalue weighted by Gasteiger charge is -2.34. The van der Waals surface area contributed by atoms with Gasteiger partial charge < -0.3 is 15.3 Å². The first-order valence-corrected chi connectivity index (χ1v) is 6.65. The first-order valence-electron chi connectivity index (χ1n) is 6.65. The lowest BCUT2D eigenvalue weighted by Crippen LogP contribution is -2.47. The summed E-state index contributed by atoms with van der Waals surface area (Å²) in [5, 5.41) is 12.6. The molecule has 4 heteroatoms. The lowest BCUT2D eigenvalue weighted by molar-refractivity contribution is 0.0473. The Morgan fingerprint density at radius 1 is 1.32 bits per heavy atom. The maximum absolute atomic E-state index is 12.3. The Hall–Kier alpha value is -1.55. The molecule has 0 spiro atoms. The number of hydrogen-bond donors (Lipinski definition) is 2. The van der Waals surface area contributed by atoms with Crippen molar-refractivity contribution in [2.45, 2.75) is 32.7 Å². The van der Waals surface area contributed by atoms with Crippen LogP contribution < -0.4 is 5.32 Å². The first-order chi connectivity index (χ1) is 8.92. The van der Waals surface area contributed by atoms with Crippen LogP contribution in [-0.2, 0) is 0 Å². The first kappa shape index (κ1) is 15.5. The number of nitrogens with zero attached hydrogens (tertiary/aromatic N) is 1. The summed E-state index contributed by atoms with van der Waals surface area (Å²) in [6.45, 7) is 6.64. The zero-order valence-electron chi connectivity index (χ0n) is 12.2. The van der Waals surface area contributed by atoms with Gasteiger partial charge in [-0.25, -0.2) is 0 Å². The summed E-state index contributed by atoms with van der Waals surface area (Å²) in [5.74, 6) is -0.0823. The van der Waals surface area contributed by atoms with Gasteiger partial charge in [-0.15, -0.1) is 0 Å². The normalized spacial score (nSPS) is 11.2. The van der Waals surface area contributed by atoms with E-state index in [4.69, 9.17) is 0 Å². The van der Waals surface area contributed by atoms with Gasteiger partial charge in [0.2, 0.25) is 0 Å². The van der Waals surface area contributed by atoms with Crippen molar-refractivity contribution in [3.8, 4) is 0 Å². The summed E-state index contributed by atoms with van der Waals surface area (Å²) < 4.78 is 0. The fourth-order valence-corrected chi connectivity index (χ4v) is 1.57. The second-order valence-corrected chi connectivity index (χ2v) is 5.34. The highest BCUT2D eigenvalue weighted by atomic mass is 16.3.